The zero-order valence-corrected chi connectivity index (χ0v) is 11.8. The molecule has 0 spiro atoms. The first-order valence-electron chi connectivity index (χ1n) is 7.23. The molecule has 0 aromatic heterocycles. The topological polar surface area (TPSA) is 58.3 Å². The summed E-state index contributed by atoms with van der Waals surface area (Å²) in [5.74, 6) is 0.604. The van der Waals surface area contributed by atoms with E-state index in [2.05, 4.69) is 5.32 Å². The molecule has 0 amide bonds. The highest BCUT2D eigenvalue weighted by Gasteiger charge is 2.31. The Hall–Kier alpha value is -1.43. The molecule has 0 saturated heterocycles. The quantitative estimate of drug-likeness (QED) is 0.746. The van der Waals surface area contributed by atoms with Gasteiger partial charge in [-0.15, -0.1) is 0 Å². The summed E-state index contributed by atoms with van der Waals surface area (Å²) in [4.78, 5) is 0. The van der Waals surface area contributed by atoms with Gasteiger partial charge in [0.15, 0.2) is 0 Å². The third-order valence-electron chi connectivity index (χ3n) is 4.23. The Balaban J connectivity index is 2.00. The lowest BCUT2D eigenvalue weighted by Gasteiger charge is -2.30. The van der Waals surface area contributed by atoms with Gasteiger partial charge in [0.25, 0.3) is 0 Å². The molecule has 4 N–H and O–H groups in total. The van der Waals surface area contributed by atoms with Crippen molar-refractivity contribution < 1.29 is 18.3 Å². The van der Waals surface area contributed by atoms with Crippen LogP contribution >= 0.6 is 0 Å². The van der Waals surface area contributed by atoms with Gasteiger partial charge in [0.1, 0.15) is 0 Å². The average Bonchev–Trinajstić information content (AvgIpc) is 2.45. The molecule has 1 fully saturated rings. The number of rotatable bonds is 4. The number of nitrogens with two attached hydrogens (primary N) is 1. The molecule has 0 bridgehead atoms. The van der Waals surface area contributed by atoms with Gasteiger partial charge in [0, 0.05) is 13.2 Å². The van der Waals surface area contributed by atoms with E-state index in [0.29, 0.717) is 18.2 Å². The monoisotopic (exact) mass is 302 g/mol. The number of aliphatic hydroxyl groups is 1. The number of anilines is 2. The van der Waals surface area contributed by atoms with Crippen LogP contribution in [0.4, 0.5) is 24.5 Å². The maximum Gasteiger partial charge on any atom is 0.416 e. The van der Waals surface area contributed by atoms with E-state index >= 15 is 0 Å². The van der Waals surface area contributed by atoms with E-state index in [1.807, 2.05) is 0 Å². The van der Waals surface area contributed by atoms with Gasteiger partial charge in [-0.2, -0.15) is 13.2 Å². The highest BCUT2D eigenvalue weighted by Crippen LogP contribution is 2.34. The highest BCUT2D eigenvalue weighted by atomic mass is 19.4. The Morgan fingerprint density at radius 2 is 1.86 bits per heavy atom. The summed E-state index contributed by atoms with van der Waals surface area (Å²) in [5, 5.41) is 12.5. The molecule has 1 aromatic carbocycles. The minimum atomic E-state index is -4.38. The van der Waals surface area contributed by atoms with Crippen LogP contribution in [0.5, 0.6) is 0 Å². The molecule has 118 valence electrons. The van der Waals surface area contributed by atoms with Crippen molar-refractivity contribution in [3.63, 3.8) is 0 Å². The molecule has 1 aromatic rings. The van der Waals surface area contributed by atoms with E-state index in [-0.39, 0.29) is 18.2 Å². The van der Waals surface area contributed by atoms with Crippen LogP contribution in [-0.2, 0) is 6.18 Å². The summed E-state index contributed by atoms with van der Waals surface area (Å²) >= 11 is 0. The first-order chi connectivity index (χ1) is 9.91. The van der Waals surface area contributed by atoms with Gasteiger partial charge in [-0.05, 0) is 42.9 Å². The molecule has 3 nitrogen and oxygen atoms in total. The number of aliphatic hydroxyl groups excluding tert-OH is 1. The van der Waals surface area contributed by atoms with E-state index in [9.17, 15) is 18.3 Å². The fourth-order valence-electron chi connectivity index (χ4n) is 2.93. The molecule has 1 aliphatic carbocycles. The smallest absolute Gasteiger partial charge is 0.397 e. The first kappa shape index (κ1) is 15.9. The molecule has 6 heteroatoms. The maximum atomic E-state index is 12.6. The zero-order chi connectivity index (χ0) is 15.5. The van der Waals surface area contributed by atoms with Gasteiger partial charge in [0.05, 0.1) is 16.9 Å². The van der Waals surface area contributed by atoms with E-state index in [0.717, 1.165) is 37.8 Å². The van der Waals surface area contributed by atoms with E-state index in [4.69, 9.17) is 5.73 Å². The zero-order valence-electron chi connectivity index (χ0n) is 11.8. The molecule has 0 aliphatic heterocycles. The van der Waals surface area contributed by atoms with Crippen LogP contribution in [0, 0.1) is 11.8 Å². The number of hydrogen-bond acceptors (Lipinski definition) is 3. The molecule has 1 saturated carbocycles. The SMILES string of the molecule is Nc1cc(C(F)(F)F)ccc1NCC1CCCCC1CO. The Bertz CT molecular complexity index is 476. The molecule has 0 radical (unpaired) electrons. The van der Waals surface area contributed by atoms with Crippen molar-refractivity contribution in [2.45, 2.75) is 31.9 Å². The summed E-state index contributed by atoms with van der Waals surface area (Å²) in [6, 6.07) is 3.35. The molecule has 2 atom stereocenters. The fraction of sp³-hybridized carbons (Fsp3) is 0.600. The van der Waals surface area contributed by atoms with Crippen molar-refractivity contribution in [3.8, 4) is 0 Å². The van der Waals surface area contributed by atoms with Crippen molar-refractivity contribution in [3.05, 3.63) is 23.8 Å². The normalized spacial score (nSPS) is 23.0. The summed E-state index contributed by atoms with van der Waals surface area (Å²) < 4.78 is 37.7. The third-order valence-corrected chi connectivity index (χ3v) is 4.23. The number of nitrogens with one attached hydrogen (secondary N) is 1. The summed E-state index contributed by atoms with van der Waals surface area (Å²) in [6.07, 6.45) is -0.0857. The van der Waals surface area contributed by atoms with E-state index in [1.54, 1.807) is 0 Å². The Kier molecular flexibility index (Phi) is 4.98. The summed E-state index contributed by atoms with van der Waals surface area (Å²) in [5.41, 5.74) is 5.57. The van der Waals surface area contributed by atoms with Gasteiger partial charge in [-0.3, -0.25) is 0 Å². The Labute approximate surface area is 122 Å². The number of alkyl halides is 3. The second-order valence-corrected chi connectivity index (χ2v) is 5.67. The highest BCUT2D eigenvalue weighted by molar-refractivity contribution is 5.67. The lowest BCUT2D eigenvalue weighted by Crippen LogP contribution is -2.28. The minimum Gasteiger partial charge on any atom is -0.397 e. The van der Waals surface area contributed by atoms with Crippen molar-refractivity contribution in [1.82, 2.24) is 0 Å². The predicted octanol–water partition coefficient (Wildman–Crippen LogP) is 3.50. The van der Waals surface area contributed by atoms with Crippen LogP contribution in [0.2, 0.25) is 0 Å². The third kappa shape index (κ3) is 4.03. The van der Waals surface area contributed by atoms with Crippen LogP contribution in [0.25, 0.3) is 0 Å². The maximum absolute atomic E-state index is 12.6. The minimum absolute atomic E-state index is 0.0983. The van der Waals surface area contributed by atoms with E-state index < -0.39 is 11.7 Å². The van der Waals surface area contributed by atoms with Crippen LogP contribution in [0.3, 0.4) is 0 Å². The largest absolute Gasteiger partial charge is 0.416 e. The molecular formula is C15H21F3N2O. The standard InChI is InChI=1S/C15H21F3N2O/c16-15(17,18)12-5-6-14(13(19)7-12)20-8-10-3-1-2-4-11(10)9-21/h5-7,10-11,20-21H,1-4,8-9,19H2. The van der Waals surface area contributed by atoms with Crippen LogP contribution < -0.4 is 11.1 Å². The Morgan fingerprint density at radius 1 is 1.19 bits per heavy atom. The molecule has 21 heavy (non-hydrogen) atoms. The summed E-state index contributed by atoms with van der Waals surface area (Å²) in [6.45, 7) is 0.787. The van der Waals surface area contributed by atoms with Crippen molar-refractivity contribution in [1.29, 1.82) is 0 Å². The lowest BCUT2D eigenvalue weighted by atomic mass is 9.79. The molecule has 0 heterocycles. The molecule has 2 unspecified atom stereocenters. The number of benzene rings is 1. The average molecular weight is 302 g/mol. The number of nitrogen functional groups attached to an aromatic ring is 1. The van der Waals surface area contributed by atoms with Crippen molar-refractivity contribution >= 4 is 11.4 Å². The number of hydrogen-bond donors (Lipinski definition) is 3. The number of halogens is 3. The molecule has 1 aliphatic rings. The lowest BCUT2D eigenvalue weighted by molar-refractivity contribution is -0.137. The van der Waals surface area contributed by atoms with Crippen LogP contribution in [0.1, 0.15) is 31.2 Å². The van der Waals surface area contributed by atoms with E-state index in [1.165, 1.54) is 6.07 Å². The van der Waals surface area contributed by atoms with Crippen LogP contribution in [0.15, 0.2) is 18.2 Å². The first-order valence-corrected chi connectivity index (χ1v) is 7.23. The second-order valence-electron chi connectivity index (χ2n) is 5.67. The van der Waals surface area contributed by atoms with Gasteiger partial charge in [-0.1, -0.05) is 12.8 Å². The van der Waals surface area contributed by atoms with Crippen molar-refractivity contribution in [2.24, 2.45) is 11.8 Å². The van der Waals surface area contributed by atoms with Gasteiger partial charge in [-0.25, -0.2) is 0 Å². The van der Waals surface area contributed by atoms with Gasteiger partial charge in [0.2, 0.25) is 0 Å². The van der Waals surface area contributed by atoms with Crippen LogP contribution in [-0.4, -0.2) is 18.3 Å². The molecular weight excluding hydrogens is 281 g/mol. The predicted molar refractivity (Wildman–Crippen MR) is 76.9 cm³/mol. The second kappa shape index (κ2) is 6.56. The fourth-order valence-corrected chi connectivity index (χ4v) is 2.93. The van der Waals surface area contributed by atoms with Crippen molar-refractivity contribution in [2.75, 3.05) is 24.2 Å². The molecule has 2 rings (SSSR count). The van der Waals surface area contributed by atoms with Gasteiger partial charge >= 0.3 is 6.18 Å². The Morgan fingerprint density at radius 3 is 2.43 bits per heavy atom. The van der Waals surface area contributed by atoms with Gasteiger partial charge < -0.3 is 16.2 Å². The summed E-state index contributed by atoms with van der Waals surface area (Å²) in [7, 11) is 0.